The van der Waals surface area contributed by atoms with Gasteiger partial charge in [0, 0.05) is 19.5 Å². The normalized spacial score (nSPS) is 21.4. The number of para-hydroxylation sites is 1. The third-order valence-corrected chi connectivity index (χ3v) is 5.32. The predicted molar refractivity (Wildman–Crippen MR) is 91.3 cm³/mol. The second kappa shape index (κ2) is 6.86. The van der Waals surface area contributed by atoms with Crippen LogP contribution >= 0.6 is 0 Å². The number of hydrogen-bond acceptors (Lipinski definition) is 5. The number of carboxylic acid groups (broad SMARTS) is 1. The lowest BCUT2D eigenvalue weighted by Gasteiger charge is -2.41. The van der Waals surface area contributed by atoms with E-state index >= 15 is 0 Å². The highest BCUT2D eigenvalue weighted by molar-refractivity contribution is 5.98. The summed E-state index contributed by atoms with van der Waals surface area (Å²) >= 11 is 0. The van der Waals surface area contributed by atoms with Gasteiger partial charge in [-0.25, -0.2) is 0 Å². The molecule has 0 unspecified atom stereocenters. The van der Waals surface area contributed by atoms with E-state index in [-0.39, 0.29) is 18.2 Å². The van der Waals surface area contributed by atoms with E-state index in [0.717, 1.165) is 0 Å². The van der Waals surface area contributed by atoms with Crippen LogP contribution in [0.4, 0.5) is 0 Å². The molecule has 2 N–H and O–H groups in total. The van der Waals surface area contributed by atoms with Crippen LogP contribution in [0.5, 0.6) is 11.5 Å². The summed E-state index contributed by atoms with van der Waals surface area (Å²) in [5.74, 6) is -1.33. The first-order valence-corrected chi connectivity index (χ1v) is 8.46. The number of hydrogen-bond donors (Lipinski definition) is 2. The van der Waals surface area contributed by atoms with Gasteiger partial charge in [0.1, 0.15) is 0 Å². The lowest BCUT2D eigenvalue weighted by Crippen LogP contribution is -2.56. The molecule has 2 amide bonds. The minimum Gasteiger partial charge on any atom is -0.493 e. The van der Waals surface area contributed by atoms with Gasteiger partial charge in [-0.15, -0.1) is 0 Å². The molecule has 0 aromatic heterocycles. The Balaban J connectivity index is 1.77. The van der Waals surface area contributed by atoms with Crippen molar-refractivity contribution in [1.29, 1.82) is 0 Å². The molecule has 2 aliphatic rings. The average Bonchev–Trinajstić information content (AvgIpc) is 2.97. The van der Waals surface area contributed by atoms with E-state index in [1.165, 1.54) is 14.2 Å². The molecule has 2 saturated heterocycles. The number of rotatable bonds is 4. The standard InChI is InChI=1S/C18H22N2O6/c1-25-13-5-3-4-11(15(13)26-2)16(22)20-8-6-18(7-9-20)12(17(23)24)10-14(21)19-18/h3-5,12H,6-10H2,1-2H3,(H,19,21)(H,23,24)/t12-/m0/s1. The number of carbonyl (C=O) groups excluding carboxylic acids is 2. The fourth-order valence-electron chi connectivity index (χ4n) is 3.93. The van der Waals surface area contributed by atoms with Crippen molar-refractivity contribution in [1.82, 2.24) is 10.2 Å². The molecule has 2 aliphatic heterocycles. The molecule has 26 heavy (non-hydrogen) atoms. The van der Waals surface area contributed by atoms with Crippen LogP contribution in [0.2, 0.25) is 0 Å². The number of benzene rings is 1. The Morgan fingerprint density at radius 1 is 1.23 bits per heavy atom. The quantitative estimate of drug-likeness (QED) is 0.824. The van der Waals surface area contributed by atoms with Gasteiger partial charge in [0.15, 0.2) is 11.5 Å². The van der Waals surface area contributed by atoms with E-state index in [0.29, 0.717) is 43.0 Å². The Hall–Kier alpha value is -2.77. The van der Waals surface area contributed by atoms with Gasteiger partial charge in [0.05, 0.1) is 31.2 Å². The van der Waals surface area contributed by atoms with Crippen molar-refractivity contribution in [2.45, 2.75) is 24.8 Å². The molecule has 3 rings (SSSR count). The Morgan fingerprint density at radius 3 is 2.50 bits per heavy atom. The van der Waals surface area contributed by atoms with Gasteiger partial charge < -0.3 is 24.8 Å². The predicted octanol–water partition coefficient (Wildman–Crippen LogP) is 0.899. The maximum absolute atomic E-state index is 12.9. The van der Waals surface area contributed by atoms with Crippen molar-refractivity contribution in [3.05, 3.63) is 23.8 Å². The summed E-state index contributed by atoms with van der Waals surface area (Å²) in [5, 5.41) is 12.3. The van der Waals surface area contributed by atoms with Gasteiger partial charge in [-0.1, -0.05) is 6.07 Å². The number of nitrogens with zero attached hydrogens (tertiary/aromatic N) is 1. The zero-order chi connectivity index (χ0) is 18.9. The van der Waals surface area contributed by atoms with Gasteiger partial charge in [0.2, 0.25) is 5.91 Å². The van der Waals surface area contributed by atoms with Crippen LogP contribution in [-0.2, 0) is 9.59 Å². The van der Waals surface area contributed by atoms with Crippen LogP contribution in [0, 0.1) is 5.92 Å². The first kappa shape index (κ1) is 18.0. The molecule has 1 aromatic carbocycles. The highest BCUT2D eigenvalue weighted by Gasteiger charge is 2.52. The lowest BCUT2D eigenvalue weighted by atomic mass is 9.77. The minimum absolute atomic E-state index is 0.00696. The van der Waals surface area contributed by atoms with Gasteiger partial charge in [0.25, 0.3) is 5.91 Å². The van der Waals surface area contributed by atoms with Gasteiger partial charge in [-0.2, -0.15) is 0 Å². The molecule has 2 heterocycles. The first-order chi connectivity index (χ1) is 12.4. The fraction of sp³-hybridized carbons (Fsp3) is 0.500. The SMILES string of the molecule is COc1cccc(C(=O)N2CCC3(CC2)NC(=O)C[C@H]3C(=O)O)c1OC. The maximum atomic E-state index is 12.9. The van der Waals surface area contributed by atoms with E-state index in [4.69, 9.17) is 9.47 Å². The number of methoxy groups -OCH3 is 2. The molecule has 8 nitrogen and oxygen atoms in total. The van der Waals surface area contributed by atoms with Crippen LogP contribution in [0.1, 0.15) is 29.6 Å². The van der Waals surface area contributed by atoms with Crippen molar-refractivity contribution in [3.63, 3.8) is 0 Å². The topological polar surface area (TPSA) is 105 Å². The highest BCUT2D eigenvalue weighted by Crippen LogP contribution is 2.38. The molecule has 8 heteroatoms. The molecule has 0 radical (unpaired) electrons. The number of aliphatic carboxylic acids is 1. The van der Waals surface area contributed by atoms with Gasteiger partial charge >= 0.3 is 5.97 Å². The van der Waals surface area contributed by atoms with Gasteiger partial charge in [-0.3, -0.25) is 14.4 Å². The molecular weight excluding hydrogens is 340 g/mol. The Kier molecular flexibility index (Phi) is 4.76. The first-order valence-electron chi connectivity index (χ1n) is 8.46. The smallest absolute Gasteiger partial charge is 0.309 e. The monoisotopic (exact) mass is 362 g/mol. The zero-order valence-electron chi connectivity index (χ0n) is 14.8. The van der Waals surface area contributed by atoms with Crippen LogP contribution in [0.3, 0.4) is 0 Å². The van der Waals surface area contributed by atoms with E-state index in [1.54, 1.807) is 23.1 Å². The summed E-state index contributed by atoms with van der Waals surface area (Å²) in [4.78, 5) is 37.8. The molecule has 1 aromatic rings. The van der Waals surface area contributed by atoms with Crippen LogP contribution in [-0.4, -0.2) is 60.6 Å². The summed E-state index contributed by atoms with van der Waals surface area (Å²) in [7, 11) is 2.98. The Bertz CT molecular complexity index is 739. The number of likely N-dealkylation sites (tertiary alicyclic amines) is 1. The molecular formula is C18H22N2O6. The second-order valence-corrected chi connectivity index (χ2v) is 6.63. The third-order valence-electron chi connectivity index (χ3n) is 5.32. The van der Waals surface area contributed by atoms with Crippen molar-refractivity contribution in [2.75, 3.05) is 27.3 Å². The second-order valence-electron chi connectivity index (χ2n) is 6.63. The summed E-state index contributed by atoms with van der Waals surface area (Å²) in [6.07, 6.45) is 0.814. The number of piperidine rings is 1. The van der Waals surface area contributed by atoms with E-state index in [1.807, 2.05) is 0 Å². The van der Waals surface area contributed by atoms with E-state index < -0.39 is 17.4 Å². The maximum Gasteiger partial charge on any atom is 0.309 e. The van der Waals surface area contributed by atoms with Crippen LogP contribution in [0.25, 0.3) is 0 Å². The molecule has 0 saturated carbocycles. The van der Waals surface area contributed by atoms with Gasteiger partial charge in [-0.05, 0) is 25.0 Å². The molecule has 2 fully saturated rings. The van der Waals surface area contributed by atoms with Crippen molar-refractivity contribution >= 4 is 17.8 Å². The zero-order valence-corrected chi connectivity index (χ0v) is 14.8. The molecule has 0 aliphatic carbocycles. The lowest BCUT2D eigenvalue weighted by molar-refractivity contribution is -0.144. The molecule has 1 atom stereocenters. The summed E-state index contributed by atoms with van der Waals surface area (Å²) < 4.78 is 10.6. The third kappa shape index (κ3) is 2.95. The van der Waals surface area contributed by atoms with E-state index in [9.17, 15) is 19.5 Å². The van der Waals surface area contributed by atoms with Crippen LogP contribution < -0.4 is 14.8 Å². The molecule has 140 valence electrons. The van der Waals surface area contributed by atoms with Crippen molar-refractivity contribution < 1.29 is 29.0 Å². The number of carboxylic acids is 1. The number of carbonyl (C=O) groups is 3. The number of nitrogens with one attached hydrogen (secondary N) is 1. The van der Waals surface area contributed by atoms with Crippen LogP contribution in [0.15, 0.2) is 18.2 Å². The number of amides is 2. The van der Waals surface area contributed by atoms with Crippen molar-refractivity contribution in [2.24, 2.45) is 5.92 Å². The fourth-order valence-corrected chi connectivity index (χ4v) is 3.93. The summed E-state index contributed by atoms with van der Waals surface area (Å²) in [6.45, 7) is 0.729. The highest BCUT2D eigenvalue weighted by atomic mass is 16.5. The van der Waals surface area contributed by atoms with E-state index in [2.05, 4.69) is 5.32 Å². The minimum atomic E-state index is -0.974. The summed E-state index contributed by atoms with van der Waals surface area (Å²) in [6, 6.07) is 5.11. The molecule has 0 bridgehead atoms. The Morgan fingerprint density at radius 2 is 1.92 bits per heavy atom. The molecule has 1 spiro atoms. The summed E-state index contributed by atoms with van der Waals surface area (Å²) in [5.41, 5.74) is -0.369. The average molecular weight is 362 g/mol. The Labute approximate surface area is 151 Å². The largest absolute Gasteiger partial charge is 0.493 e. The van der Waals surface area contributed by atoms with Crippen molar-refractivity contribution in [3.8, 4) is 11.5 Å². The number of ether oxygens (including phenoxy) is 2.